The van der Waals surface area contributed by atoms with Crippen LogP contribution >= 0.6 is 0 Å². The van der Waals surface area contributed by atoms with E-state index in [1.807, 2.05) is 78.7 Å². The predicted octanol–water partition coefficient (Wildman–Crippen LogP) is 3.03. The van der Waals surface area contributed by atoms with Crippen LogP contribution in [0.2, 0.25) is 0 Å². The average molecular weight is 429 g/mol. The molecule has 2 atom stereocenters. The van der Waals surface area contributed by atoms with E-state index in [9.17, 15) is 14.7 Å². The maximum absolute atomic E-state index is 13.4. The first-order chi connectivity index (χ1) is 15.6. The molecule has 3 aromatic rings. The fourth-order valence-corrected chi connectivity index (χ4v) is 4.35. The van der Waals surface area contributed by atoms with E-state index in [1.165, 1.54) is 6.07 Å². The molecule has 162 valence electrons. The van der Waals surface area contributed by atoms with Crippen molar-refractivity contribution in [2.75, 3.05) is 18.3 Å². The van der Waals surface area contributed by atoms with E-state index in [2.05, 4.69) is 0 Å². The summed E-state index contributed by atoms with van der Waals surface area (Å²) >= 11 is 0. The molecule has 0 spiro atoms. The predicted molar refractivity (Wildman–Crippen MR) is 120 cm³/mol. The minimum Gasteiger partial charge on any atom is -0.502 e. The molecule has 0 unspecified atom stereocenters. The largest absolute Gasteiger partial charge is 0.502 e. The van der Waals surface area contributed by atoms with Gasteiger partial charge in [-0.25, -0.2) is 0 Å². The first kappa shape index (κ1) is 19.9. The fraction of sp³-hybridized carbons (Fsp3) is 0.200. The lowest BCUT2D eigenvalue weighted by Crippen LogP contribution is -2.57. The number of carbonyl (C=O) groups is 1. The van der Waals surface area contributed by atoms with Crippen molar-refractivity contribution in [1.82, 2.24) is 9.58 Å². The van der Waals surface area contributed by atoms with Crippen LogP contribution in [0.5, 0.6) is 11.5 Å². The number of nitrogens with zero attached hydrogens (tertiary/aromatic N) is 3. The van der Waals surface area contributed by atoms with Crippen molar-refractivity contribution >= 4 is 5.91 Å². The van der Waals surface area contributed by atoms with Gasteiger partial charge in [0.2, 0.25) is 5.43 Å². The van der Waals surface area contributed by atoms with Crippen LogP contribution in [0.15, 0.2) is 83.8 Å². The summed E-state index contributed by atoms with van der Waals surface area (Å²) in [6.45, 7) is 2.53. The third kappa shape index (κ3) is 3.22. The highest BCUT2D eigenvalue weighted by Crippen LogP contribution is 2.37. The van der Waals surface area contributed by atoms with Crippen LogP contribution in [0.4, 0.5) is 0 Å². The van der Waals surface area contributed by atoms with Crippen LogP contribution in [0.1, 0.15) is 34.6 Å². The number of amides is 1. The molecule has 7 heteroatoms. The quantitative estimate of drug-likeness (QED) is 0.602. The minimum absolute atomic E-state index is 0.0393. The molecule has 0 saturated heterocycles. The molecule has 32 heavy (non-hydrogen) atoms. The molecule has 2 aliphatic rings. The average Bonchev–Trinajstić information content (AvgIpc) is 2.83. The Kier molecular flexibility index (Phi) is 4.93. The Balaban J connectivity index is 1.81. The second-order valence-corrected chi connectivity index (χ2v) is 7.91. The molecule has 2 aliphatic heterocycles. The van der Waals surface area contributed by atoms with E-state index < -0.39 is 17.1 Å². The van der Waals surface area contributed by atoms with Gasteiger partial charge < -0.3 is 14.7 Å². The standard InChI is InChI=1S/C25H23N3O4/c1-17-8-7-15-32-21-12-6-5-11-19(21)22(18-9-3-2-4-10-18)28-16-26(17)25(31)23-24(30)20(29)13-14-27(23)28/h2-14,17,22,30H,15-16H2,1H3/b8-7+/t17-,22+/m0/s1. The lowest BCUT2D eigenvalue weighted by molar-refractivity contribution is 0.0643. The van der Waals surface area contributed by atoms with Crippen molar-refractivity contribution in [2.24, 2.45) is 0 Å². The summed E-state index contributed by atoms with van der Waals surface area (Å²) in [5.74, 6) is -0.209. The molecular weight excluding hydrogens is 406 g/mol. The zero-order valence-corrected chi connectivity index (χ0v) is 17.6. The molecule has 1 N–H and O–H groups in total. The summed E-state index contributed by atoms with van der Waals surface area (Å²) in [7, 11) is 0. The molecule has 0 fully saturated rings. The number of para-hydroxylation sites is 1. The normalized spacial score (nSPS) is 21.1. The van der Waals surface area contributed by atoms with Crippen molar-refractivity contribution in [3.8, 4) is 11.5 Å². The van der Waals surface area contributed by atoms with Crippen LogP contribution in [0.3, 0.4) is 0 Å². The molecule has 0 saturated carbocycles. The van der Waals surface area contributed by atoms with Crippen LogP contribution in [0, 0.1) is 0 Å². The number of aromatic nitrogens is 1. The highest BCUT2D eigenvalue weighted by atomic mass is 16.5. The van der Waals surface area contributed by atoms with Crippen LogP contribution in [-0.2, 0) is 0 Å². The zero-order chi connectivity index (χ0) is 22.2. The molecular formula is C25H23N3O4. The van der Waals surface area contributed by atoms with Crippen molar-refractivity contribution < 1.29 is 14.6 Å². The Hall–Kier alpha value is -4.00. The third-order valence-corrected chi connectivity index (χ3v) is 5.96. The summed E-state index contributed by atoms with van der Waals surface area (Å²) in [6, 6.07) is 18.4. The number of carbonyl (C=O) groups excluding carboxylic acids is 1. The Morgan fingerprint density at radius 3 is 2.56 bits per heavy atom. The van der Waals surface area contributed by atoms with Gasteiger partial charge in [-0.15, -0.1) is 0 Å². The Bertz CT molecular complexity index is 1250. The number of benzene rings is 2. The molecule has 1 amide bonds. The zero-order valence-electron chi connectivity index (χ0n) is 17.6. The van der Waals surface area contributed by atoms with E-state index in [-0.39, 0.29) is 24.4 Å². The summed E-state index contributed by atoms with van der Waals surface area (Å²) in [6.07, 6.45) is 5.33. The molecule has 0 radical (unpaired) electrons. The highest BCUT2D eigenvalue weighted by molar-refractivity contribution is 5.96. The van der Waals surface area contributed by atoms with Gasteiger partial charge >= 0.3 is 0 Å². The van der Waals surface area contributed by atoms with Crippen molar-refractivity contribution in [3.05, 3.63) is 106 Å². The van der Waals surface area contributed by atoms with Crippen LogP contribution < -0.4 is 15.2 Å². The van der Waals surface area contributed by atoms with E-state index in [4.69, 9.17) is 4.74 Å². The van der Waals surface area contributed by atoms with Crippen molar-refractivity contribution in [2.45, 2.75) is 19.0 Å². The molecule has 7 nitrogen and oxygen atoms in total. The van der Waals surface area contributed by atoms with E-state index in [0.717, 1.165) is 16.9 Å². The lowest BCUT2D eigenvalue weighted by Gasteiger charge is -2.45. The monoisotopic (exact) mass is 429 g/mol. The van der Waals surface area contributed by atoms with Gasteiger partial charge in [-0.2, -0.15) is 0 Å². The molecule has 1 aromatic heterocycles. The van der Waals surface area contributed by atoms with Gasteiger partial charge in [-0.3, -0.25) is 19.3 Å². The lowest BCUT2D eigenvalue weighted by atomic mass is 9.97. The first-order valence-corrected chi connectivity index (χ1v) is 10.5. The Morgan fingerprint density at radius 2 is 1.75 bits per heavy atom. The Labute approximate surface area is 185 Å². The van der Waals surface area contributed by atoms with Gasteiger partial charge in [0.05, 0.1) is 0 Å². The van der Waals surface area contributed by atoms with Gasteiger partial charge in [0.25, 0.3) is 5.91 Å². The van der Waals surface area contributed by atoms with Gasteiger partial charge in [-0.05, 0) is 24.6 Å². The number of hydrogen-bond acceptors (Lipinski definition) is 5. The molecule has 2 aromatic carbocycles. The second kappa shape index (κ2) is 7.92. The van der Waals surface area contributed by atoms with Gasteiger partial charge in [0, 0.05) is 23.9 Å². The second-order valence-electron chi connectivity index (χ2n) is 7.91. The number of pyridine rings is 1. The summed E-state index contributed by atoms with van der Waals surface area (Å²) < 4.78 is 7.70. The first-order valence-electron chi connectivity index (χ1n) is 10.5. The number of rotatable bonds is 1. The van der Waals surface area contributed by atoms with Gasteiger partial charge in [-0.1, -0.05) is 54.6 Å². The SMILES string of the molecule is C[C@H]1/C=C/COc2ccccc2[C@@H](c2ccccc2)N2CN1C(=O)c1c(O)c(=O)ccn12. The molecule has 0 aliphatic carbocycles. The maximum Gasteiger partial charge on any atom is 0.278 e. The van der Waals surface area contributed by atoms with E-state index >= 15 is 0 Å². The minimum atomic E-state index is -0.584. The van der Waals surface area contributed by atoms with Gasteiger partial charge in [0.15, 0.2) is 11.4 Å². The summed E-state index contributed by atoms with van der Waals surface area (Å²) in [5.41, 5.74) is 1.28. The maximum atomic E-state index is 13.4. The molecule has 2 bridgehead atoms. The Morgan fingerprint density at radius 1 is 1.00 bits per heavy atom. The van der Waals surface area contributed by atoms with Gasteiger partial charge in [0.1, 0.15) is 25.1 Å². The van der Waals surface area contributed by atoms with Crippen LogP contribution in [-0.4, -0.2) is 39.9 Å². The van der Waals surface area contributed by atoms with Crippen molar-refractivity contribution in [1.29, 1.82) is 0 Å². The fourth-order valence-electron chi connectivity index (χ4n) is 4.35. The van der Waals surface area contributed by atoms with E-state index in [1.54, 1.807) is 15.8 Å². The summed E-state index contributed by atoms with van der Waals surface area (Å²) in [5, 5.41) is 12.6. The van der Waals surface area contributed by atoms with Crippen LogP contribution in [0.25, 0.3) is 0 Å². The molecule has 3 heterocycles. The molecule has 5 rings (SSSR count). The number of hydrogen-bond donors (Lipinski definition) is 1. The highest BCUT2D eigenvalue weighted by Gasteiger charge is 2.38. The topological polar surface area (TPSA) is 75.0 Å². The third-order valence-electron chi connectivity index (χ3n) is 5.96. The van der Waals surface area contributed by atoms with Crippen molar-refractivity contribution in [3.63, 3.8) is 0 Å². The number of aromatic hydroxyl groups is 1. The van der Waals surface area contributed by atoms with E-state index in [0.29, 0.717) is 6.61 Å². The smallest absolute Gasteiger partial charge is 0.278 e. The number of fused-ring (bicyclic) bond motifs is 5. The number of ether oxygens (including phenoxy) is 1. The summed E-state index contributed by atoms with van der Waals surface area (Å²) in [4.78, 5) is 27.2.